The number of aromatic nitrogens is 1. The summed E-state index contributed by atoms with van der Waals surface area (Å²) in [5.74, 6) is -0.987. The molecule has 2 aliphatic rings. The van der Waals surface area contributed by atoms with Crippen molar-refractivity contribution in [1.82, 2.24) is 14.4 Å². The van der Waals surface area contributed by atoms with Gasteiger partial charge in [-0.2, -0.15) is 0 Å². The van der Waals surface area contributed by atoms with Crippen molar-refractivity contribution in [3.8, 4) is 0 Å². The van der Waals surface area contributed by atoms with Gasteiger partial charge in [-0.15, -0.1) is 0 Å². The van der Waals surface area contributed by atoms with Crippen molar-refractivity contribution in [2.24, 2.45) is 0 Å². The molecule has 3 heterocycles. The molecule has 0 spiro atoms. The average molecular weight is 569 g/mol. The van der Waals surface area contributed by atoms with Crippen LogP contribution in [0.25, 0.3) is 17.0 Å². The summed E-state index contributed by atoms with van der Waals surface area (Å²) in [7, 11) is 0. The maximum Gasteiger partial charge on any atom is 0.294 e. The number of fused-ring (bicyclic) bond motifs is 1. The number of carbonyl (C=O) groups is 3. The first kappa shape index (κ1) is 26.8. The number of anilines is 1. The molecule has 41 heavy (non-hydrogen) atoms. The average Bonchev–Trinajstić information content (AvgIpc) is 3.42. The maximum atomic E-state index is 14.5. The first-order chi connectivity index (χ1) is 19.9. The monoisotopic (exact) mass is 568 g/mol. The molecule has 0 unspecified atom stereocenters. The van der Waals surface area contributed by atoms with Crippen LogP contribution in [0.5, 0.6) is 0 Å². The zero-order valence-corrected chi connectivity index (χ0v) is 23.4. The largest absolute Gasteiger partial charge is 0.368 e. The second-order valence-corrected chi connectivity index (χ2v) is 11.2. The number of halogens is 1. The molecule has 0 aliphatic carbocycles. The molecule has 2 saturated heterocycles. The number of nitrogens with zero attached hydrogens (tertiary/aromatic N) is 4. The van der Waals surface area contributed by atoms with Crippen LogP contribution in [0.3, 0.4) is 0 Å². The van der Waals surface area contributed by atoms with Crippen LogP contribution in [0.4, 0.5) is 14.9 Å². The highest BCUT2D eigenvalue weighted by atomic mass is 32.2. The van der Waals surface area contributed by atoms with Crippen LogP contribution >= 0.6 is 11.8 Å². The number of carbonyl (C=O) groups excluding carboxylic acids is 3. The number of para-hydroxylation sites is 2. The van der Waals surface area contributed by atoms with E-state index in [0.29, 0.717) is 38.3 Å². The number of rotatable bonds is 6. The number of benzene rings is 3. The van der Waals surface area contributed by atoms with E-state index in [1.807, 2.05) is 66.1 Å². The standard InChI is InChI=1S/C32H29FN4O3S/c1-22-26(25-12-6-8-14-28(25)36(22)20-23-9-5-7-13-27(23)33)19-29-31(39)37(32(40)41-29)21-30(38)35-17-15-34(16-18-35)24-10-3-2-4-11-24/h2-14,19H,15-18,20-21H2,1H3/b29-19-. The van der Waals surface area contributed by atoms with Crippen LogP contribution in [0.1, 0.15) is 16.8 Å². The lowest BCUT2D eigenvalue weighted by molar-refractivity contribution is -0.136. The van der Waals surface area contributed by atoms with Crippen LogP contribution in [-0.4, -0.2) is 64.1 Å². The second-order valence-electron chi connectivity index (χ2n) is 10.2. The minimum absolute atomic E-state index is 0.237. The van der Waals surface area contributed by atoms with Crippen molar-refractivity contribution in [3.63, 3.8) is 0 Å². The smallest absolute Gasteiger partial charge is 0.294 e. The van der Waals surface area contributed by atoms with E-state index in [4.69, 9.17) is 0 Å². The van der Waals surface area contributed by atoms with Gasteiger partial charge < -0.3 is 14.4 Å². The van der Waals surface area contributed by atoms with Crippen molar-refractivity contribution in [3.05, 3.63) is 106 Å². The number of piperazine rings is 1. The van der Waals surface area contributed by atoms with Crippen molar-refractivity contribution in [1.29, 1.82) is 0 Å². The molecule has 0 N–H and O–H groups in total. The Hall–Kier alpha value is -4.37. The summed E-state index contributed by atoms with van der Waals surface area (Å²) in [6.07, 6.45) is 1.73. The van der Waals surface area contributed by atoms with Gasteiger partial charge in [0.1, 0.15) is 12.4 Å². The number of hydrogen-bond acceptors (Lipinski definition) is 5. The zero-order chi connectivity index (χ0) is 28.5. The lowest BCUT2D eigenvalue weighted by Crippen LogP contribution is -2.51. The van der Waals surface area contributed by atoms with Gasteiger partial charge >= 0.3 is 0 Å². The van der Waals surface area contributed by atoms with Crippen LogP contribution < -0.4 is 4.90 Å². The second kappa shape index (κ2) is 11.2. The van der Waals surface area contributed by atoms with Crippen LogP contribution in [0, 0.1) is 12.7 Å². The Bertz CT molecular complexity index is 1680. The van der Waals surface area contributed by atoms with Crippen LogP contribution in [0.15, 0.2) is 83.8 Å². The highest BCUT2D eigenvalue weighted by molar-refractivity contribution is 8.18. The summed E-state index contributed by atoms with van der Waals surface area (Å²) in [6, 6.07) is 24.5. The van der Waals surface area contributed by atoms with Crippen molar-refractivity contribution in [2.75, 3.05) is 37.6 Å². The molecule has 0 atom stereocenters. The van der Waals surface area contributed by atoms with E-state index in [1.54, 1.807) is 29.2 Å². The minimum Gasteiger partial charge on any atom is -0.368 e. The number of thioether (sulfide) groups is 1. The number of imide groups is 1. The molecule has 1 aromatic heterocycles. The molecular weight excluding hydrogens is 539 g/mol. The van der Waals surface area contributed by atoms with E-state index in [1.165, 1.54) is 6.07 Å². The quantitative estimate of drug-likeness (QED) is 0.287. The van der Waals surface area contributed by atoms with Gasteiger partial charge in [0, 0.05) is 59.6 Å². The maximum absolute atomic E-state index is 14.5. The lowest BCUT2D eigenvalue weighted by atomic mass is 10.1. The topological polar surface area (TPSA) is 65.9 Å². The molecule has 4 aromatic rings. The Morgan fingerprint density at radius 2 is 1.59 bits per heavy atom. The summed E-state index contributed by atoms with van der Waals surface area (Å²) in [6.45, 7) is 4.42. The van der Waals surface area contributed by atoms with Gasteiger partial charge in [0.15, 0.2) is 0 Å². The van der Waals surface area contributed by atoms with Crippen molar-refractivity contribution >= 4 is 51.5 Å². The first-order valence-electron chi connectivity index (χ1n) is 13.5. The Balaban J connectivity index is 1.19. The number of hydrogen-bond donors (Lipinski definition) is 0. The lowest BCUT2D eigenvalue weighted by Gasteiger charge is -2.36. The van der Waals surface area contributed by atoms with Crippen LogP contribution in [0.2, 0.25) is 0 Å². The van der Waals surface area contributed by atoms with E-state index in [9.17, 15) is 18.8 Å². The van der Waals surface area contributed by atoms with Crippen LogP contribution in [-0.2, 0) is 16.1 Å². The molecule has 3 amide bonds. The fraction of sp³-hybridized carbons (Fsp3) is 0.219. The Morgan fingerprint density at radius 1 is 0.902 bits per heavy atom. The Morgan fingerprint density at radius 3 is 2.34 bits per heavy atom. The normalized spacial score (nSPS) is 16.8. The van der Waals surface area contributed by atoms with Gasteiger partial charge in [-0.05, 0) is 49.0 Å². The summed E-state index contributed by atoms with van der Waals surface area (Å²) < 4.78 is 16.5. The zero-order valence-electron chi connectivity index (χ0n) is 22.6. The minimum atomic E-state index is -0.471. The third-order valence-corrected chi connectivity index (χ3v) is 8.67. The predicted molar refractivity (Wildman–Crippen MR) is 160 cm³/mol. The molecule has 0 bridgehead atoms. The van der Waals surface area contributed by atoms with Gasteiger partial charge in [-0.3, -0.25) is 19.3 Å². The van der Waals surface area contributed by atoms with E-state index in [0.717, 1.165) is 44.5 Å². The van der Waals surface area contributed by atoms with Gasteiger partial charge in [0.05, 0.1) is 11.4 Å². The van der Waals surface area contributed by atoms with Gasteiger partial charge in [-0.1, -0.05) is 54.6 Å². The molecule has 7 nitrogen and oxygen atoms in total. The van der Waals surface area contributed by atoms with E-state index < -0.39 is 11.1 Å². The first-order valence-corrected chi connectivity index (χ1v) is 14.4. The molecular formula is C32H29FN4O3S. The molecule has 2 aliphatic heterocycles. The molecule has 6 rings (SSSR count). The number of amides is 3. The third-order valence-electron chi connectivity index (χ3n) is 7.76. The van der Waals surface area contributed by atoms with E-state index in [2.05, 4.69) is 4.90 Å². The summed E-state index contributed by atoms with van der Waals surface area (Å²) in [5, 5.41) is 0.450. The highest BCUT2D eigenvalue weighted by Crippen LogP contribution is 2.36. The van der Waals surface area contributed by atoms with Gasteiger partial charge in [0.25, 0.3) is 11.1 Å². The molecule has 9 heteroatoms. The highest BCUT2D eigenvalue weighted by Gasteiger charge is 2.38. The van der Waals surface area contributed by atoms with E-state index in [-0.39, 0.29) is 23.2 Å². The SMILES string of the molecule is Cc1c(/C=C2\SC(=O)N(CC(=O)N3CCN(c4ccccc4)CC3)C2=O)c2ccccc2n1Cc1ccccc1F. The summed E-state index contributed by atoms with van der Waals surface area (Å²) in [4.78, 5) is 44.6. The summed E-state index contributed by atoms with van der Waals surface area (Å²) in [5.41, 5.74) is 4.23. The van der Waals surface area contributed by atoms with E-state index >= 15 is 0 Å². The predicted octanol–water partition coefficient (Wildman–Crippen LogP) is 5.52. The fourth-order valence-corrected chi connectivity index (χ4v) is 6.32. The molecule has 0 saturated carbocycles. The Labute approximate surface area is 241 Å². The Kier molecular flexibility index (Phi) is 7.36. The van der Waals surface area contributed by atoms with Gasteiger partial charge in [-0.25, -0.2) is 4.39 Å². The molecule has 3 aromatic carbocycles. The van der Waals surface area contributed by atoms with Crippen molar-refractivity contribution < 1.29 is 18.8 Å². The molecule has 2 fully saturated rings. The molecule has 208 valence electrons. The molecule has 0 radical (unpaired) electrons. The van der Waals surface area contributed by atoms with Crippen molar-refractivity contribution in [2.45, 2.75) is 13.5 Å². The summed E-state index contributed by atoms with van der Waals surface area (Å²) >= 11 is 0.846. The van der Waals surface area contributed by atoms with Gasteiger partial charge in [0.2, 0.25) is 5.91 Å². The third kappa shape index (κ3) is 5.25. The fourth-order valence-electron chi connectivity index (χ4n) is 5.50.